The lowest BCUT2D eigenvalue weighted by atomic mass is 10.2. The molecule has 0 spiro atoms. The maximum absolute atomic E-state index is 5.38. The van der Waals surface area contributed by atoms with Gasteiger partial charge in [-0.2, -0.15) is 0 Å². The number of nitrogens with two attached hydrogens (primary N) is 1. The molecule has 5 heteroatoms. The first-order chi connectivity index (χ1) is 9.43. The zero-order chi connectivity index (χ0) is 13.6. The Kier molecular flexibility index (Phi) is 10.2. The molecule has 1 aromatic rings. The molecule has 19 heavy (non-hydrogen) atoms. The van der Waals surface area contributed by atoms with E-state index in [-0.39, 0.29) is 0 Å². The fourth-order valence-corrected chi connectivity index (χ4v) is 1.60. The van der Waals surface area contributed by atoms with Gasteiger partial charge in [0.15, 0.2) is 0 Å². The first-order valence-electron chi connectivity index (χ1n) is 6.93. The molecule has 0 aliphatic rings. The maximum atomic E-state index is 5.38. The molecule has 0 aromatic heterocycles. The summed E-state index contributed by atoms with van der Waals surface area (Å²) in [6, 6.07) is 10.1. The second kappa shape index (κ2) is 12.1. The highest BCUT2D eigenvalue weighted by Crippen LogP contribution is 1.98. The normalized spacial score (nSPS) is 10.8. The van der Waals surface area contributed by atoms with Crippen molar-refractivity contribution in [2.45, 2.75) is 13.0 Å². The van der Waals surface area contributed by atoms with Crippen molar-refractivity contribution >= 4 is 0 Å². The summed E-state index contributed by atoms with van der Waals surface area (Å²) in [7, 11) is 0. The van der Waals surface area contributed by atoms with E-state index < -0.39 is 0 Å². The molecule has 0 unspecified atom stereocenters. The zero-order valence-electron chi connectivity index (χ0n) is 11.5. The fourth-order valence-electron chi connectivity index (χ4n) is 1.60. The maximum Gasteiger partial charge on any atom is 0.0933 e. The van der Waals surface area contributed by atoms with Gasteiger partial charge in [-0.25, -0.2) is 5.48 Å². The molecule has 0 fully saturated rings. The first kappa shape index (κ1) is 16.1. The van der Waals surface area contributed by atoms with Crippen molar-refractivity contribution in [1.29, 1.82) is 0 Å². The summed E-state index contributed by atoms with van der Waals surface area (Å²) in [6.45, 7) is 5.98. The Bertz CT molecular complexity index is 295. The third kappa shape index (κ3) is 9.58. The summed E-state index contributed by atoms with van der Waals surface area (Å²) in [5.74, 6) is 0. The Morgan fingerprint density at radius 2 is 1.63 bits per heavy atom. The second-order valence-corrected chi connectivity index (χ2v) is 4.31. The highest BCUT2D eigenvalue weighted by atomic mass is 16.6. The topological polar surface area (TPSA) is 71.3 Å². The van der Waals surface area contributed by atoms with Crippen LogP contribution in [0.15, 0.2) is 30.3 Å². The van der Waals surface area contributed by atoms with Gasteiger partial charge in [-0.05, 0) is 18.5 Å². The van der Waals surface area contributed by atoms with Crippen LogP contribution in [0.25, 0.3) is 0 Å². The zero-order valence-corrected chi connectivity index (χ0v) is 11.5. The minimum atomic E-state index is 0.608. The number of nitrogens with one attached hydrogen (secondary N) is 3. The summed E-state index contributed by atoms with van der Waals surface area (Å²) < 4.78 is 0. The molecule has 0 aliphatic heterocycles. The largest absolute Gasteiger partial charge is 0.329 e. The van der Waals surface area contributed by atoms with Crippen LogP contribution in [-0.4, -0.2) is 39.3 Å². The van der Waals surface area contributed by atoms with Gasteiger partial charge >= 0.3 is 0 Å². The number of rotatable bonds is 12. The van der Waals surface area contributed by atoms with Gasteiger partial charge in [-0.3, -0.25) is 4.84 Å². The average Bonchev–Trinajstić information content (AvgIpc) is 2.46. The molecule has 0 heterocycles. The Balaban J connectivity index is 1.79. The lowest BCUT2D eigenvalue weighted by molar-refractivity contribution is 0.0276. The molecule has 0 saturated carbocycles. The predicted molar refractivity (Wildman–Crippen MR) is 78.6 cm³/mol. The highest BCUT2D eigenvalue weighted by molar-refractivity contribution is 5.13. The summed E-state index contributed by atoms with van der Waals surface area (Å²) >= 11 is 0. The van der Waals surface area contributed by atoms with Crippen LogP contribution in [0.5, 0.6) is 0 Å². The molecule has 0 saturated heterocycles. The number of hydrogen-bond acceptors (Lipinski definition) is 5. The fraction of sp³-hybridized carbons (Fsp3) is 0.571. The van der Waals surface area contributed by atoms with Crippen LogP contribution in [0.3, 0.4) is 0 Å². The minimum absolute atomic E-state index is 0.608. The van der Waals surface area contributed by atoms with E-state index in [0.717, 1.165) is 39.1 Å². The lowest BCUT2D eigenvalue weighted by Crippen LogP contribution is -2.31. The molecule has 5 N–H and O–H groups in total. The Morgan fingerprint density at radius 3 is 2.37 bits per heavy atom. The van der Waals surface area contributed by atoms with E-state index in [0.29, 0.717) is 13.2 Å². The van der Waals surface area contributed by atoms with E-state index in [4.69, 9.17) is 10.6 Å². The first-order valence-corrected chi connectivity index (χ1v) is 6.93. The molecule has 0 radical (unpaired) electrons. The van der Waals surface area contributed by atoms with Crippen LogP contribution >= 0.6 is 0 Å². The van der Waals surface area contributed by atoms with Gasteiger partial charge < -0.3 is 16.4 Å². The van der Waals surface area contributed by atoms with Crippen molar-refractivity contribution < 1.29 is 4.84 Å². The van der Waals surface area contributed by atoms with Gasteiger partial charge in [-0.15, -0.1) is 0 Å². The molecular formula is C14H26N4O. The molecule has 0 atom stereocenters. The summed E-state index contributed by atoms with van der Waals surface area (Å²) in [5, 5.41) is 6.59. The van der Waals surface area contributed by atoms with Crippen LogP contribution < -0.4 is 21.8 Å². The Labute approximate surface area is 115 Å². The molecular weight excluding hydrogens is 240 g/mol. The van der Waals surface area contributed by atoms with Gasteiger partial charge in [0, 0.05) is 32.7 Å². The van der Waals surface area contributed by atoms with Crippen LogP contribution in [0, 0.1) is 0 Å². The van der Waals surface area contributed by atoms with Crippen LogP contribution in [0.1, 0.15) is 12.0 Å². The van der Waals surface area contributed by atoms with Crippen molar-refractivity contribution in [3.8, 4) is 0 Å². The third-order valence-electron chi connectivity index (χ3n) is 2.62. The van der Waals surface area contributed by atoms with E-state index in [1.807, 2.05) is 18.2 Å². The summed E-state index contributed by atoms with van der Waals surface area (Å²) in [6.07, 6.45) is 1.05. The van der Waals surface area contributed by atoms with Crippen LogP contribution in [-0.2, 0) is 11.4 Å². The van der Waals surface area contributed by atoms with Gasteiger partial charge in [0.2, 0.25) is 0 Å². The van der Waals surface area contributed by atoms with E-state index in [9.17, 15) is 0 Å². The second-order valence-electron chi connectivity index (χ2n) is 4.31. The van der Waals surface area contributed by atoms with Crippen molar-refractivity contribution in [1.82, 2.24) is 16.1 Å². The minimum Gasteiger partial charge on any atom is -0.329 e. The number of benzene rings is 1. The van der Waals surface area contributed by atoms with Crippen molar-refractivity contribution in [3.63, 3.8) is 0 Å². The smallest absolute Gasteiger partial charge is 0.0933 e. The molecule has 5 nitrogen and oxygen atoms in total. The number of hydroxylamine groups is 1. The van der Waals surface area contributed by atoms with Gasteiger partial charge in [0.25, 0.3) is 0 Å². The van der Waals surface area contributed by atoms with Crippen molar-refractivity contribution in [3.05, 3.63) is 35.9 Å². The third-order valence-corrected chi connectivity index (χ3v) is 2.62. The van der Waals surface area contributed by atoms with E-state index in [1.165, 1.54) is 5.56 Å². The molecule has 1 rings (SSSR count). The van der Waals surface area contributed by atoms with Gasteiger partial charge in [0.05, 0.1) is 6.61 Å². The molecule has 108 valence electrons. The van der Waals surface area contributed by atoms with Crippen molar-refractivity contribution in [2.75, 3.05) is 39.3 Å². The lowest BCUT2D eigenvalue weighted by Gasteiger charge is -2.07. The predicted octanol–water partition coefficient (Wildman–Crippen LogP) is 0.236. The summed E-state index contributed by atoms with van der Waals surface area (Å²) in [4.78, 5) is 5.38. The SMILES string of the molecule is NCCNCCNCCCNOCc1ccccc1. The van der Waals surface area contributed by atoms with Crippen LogP contribution in [0.2, 0.25) is 0 Å². The Hall–Kier alpha value is -0.980. The number of hydrogen-bond donors (Lipinski definition) is 4. The molecule has 1 aromatic carbocycles. The average molecular weight is 266 g/mol. The highest BCUT2D eigenvalue weighted by Gasteiger charge is 1.92. The summed E-state index contributed by atoms with van der Waals surface area (Å²) in [5.41, 5.74) is 9.53. The monoisotopic (exact) mass is 266 g/mol. The van der Waals surface area contributed by atoms with Gasteiger partial charge in [0.1, 0.15) is 0 Å². The quantitative estimate of drug-likeness (QED) is 0.322. The van der Waals surface area contributed by atoms with Crippen LogP contribution in [0.4, 0.5) is 0 Å². The molecule has 0 amide bonds. The Morgan fingerprint density at radius 1 is 0.895 bits per heavy atom. The molecule has 0 bridgehead atoms. The van der Waals surface area contributed by atoms with Crippen molar-refractivity contribution in [2.24, 2.45) is 5.73 Å². The van der Waals surface area contributed by atoms with E-state index in [1.54, 1.807) is 0 Å². The van der Waals surface area contributed by atoms with E-state index >= 15 is 0 Å². The standard InChI is InChI=1S/C14H26N4O/c15-7-10-17-12-11-16-8-4-9-18-19-13-14-5-2-1-3-6-14/h1-3,5-6,16-18H,4,7-13,15H2. The van der Waals surface area contributed by atoms with Gasteiger partial charge in [-0.1, -0.05) is 30.3 Å². The van der Waals surface area contributed by atoms with E-state index in [2.05, 4.69) is 28.2 Å². The molecule has 0 aliphatic carbocycles.